The van der Waals surface area contributed by atoms with Gasteiger partial charge in [0.15, 0.2) is 0 Å². The van der Waals surface area contributed by atoms with E-state index in [2.05, 4.69) is 70.1 Å². The Morgan fingerprint density at radius 2 is 1.62 bits per heavy atom. The molecule has 0 saturated carbocycles. The highest BCUT2D eigenvalue weighted by Crippen LogP contribution is 2.21. The highest BCUT2D eigenvalue weighted by Gasteiger charge is 2.04. The maximum absolute atomic E-state index is 5.79. The molecule has 6 heteroatoms. The van der Waals surface area contributed by atoms with Gasteiger partial charge in [-0.15, -0.1) is 0 Å². The SMILES string of the molecule is Cc1ccc(CN(C)Cc2ccc(N(C)C)cn2)cc1.Nc1ccnc2cc(Cl)ccc12. The van der Waals surface area contributed by atoms with Crippen LogP contribution in [0.2, 0.25) is 5.02 Å². The van der Waals surface area contributed by atoms with Gasteiger partial charge in [-0.05, 0) is 55.9 Å². The number of hydrogen-bond donors (Lipinski definition) is 1. The van der Waals surface area contributed by atoms with Gasteiger partial charge in [-0.25, -0.2) is 0 Å². The number of aryl methyl sites for hydroxylation is 1. The summed E-state index contributed by atoms with van der Waals surface area (Å²) in [6.07, 6.45) is 3.60. The number of fused-ring (bicyclic) bond motifs is 1. The van der Waals surface area contributed by atoms with E-state index >= 15 is 0 Å². The normalized spacial score (nSPS) is 10.7. The number of pyridine rings is 2. The fourth-order valence-electron chi connectivity index (χ4n) is 3.26. The van der Waals surface area contributed by atoms with Gasteiger partial charge in [-0.2, -0.15) is 0 Å². The van der Waals surface area contributed by atoms with Crippen molar-refractivity contribution >= 4 is 33.9 Å². The maximum atomic E-state index is 5.79. The molecular formula is C26H30ClN5. The summed E-state index contributed by atoms with van der Waals surface area (Å²) in [5.74, 6) is 0. The monoisotopic (exact) mass is 447 g/mol. The Balaban J connectivity index is 0.000000204. The van der Waals surface area contributed by atoms with Gasteiger partial charge >= 0.3 is 0 Å². The maximum Gasteiger partial charge on any atom is 0.0737 e. The molecule has 0 radical (unpaired) electrons. The van der Waals surface area contributed by atoms with Crippen LogP contribution in [0.5, 0.6) is 0 Å². The average molecular weight is 448 g/mol. The van der Waals surface area contributed by atoms with E-state index in [4.69, 9.17) is 17.3 Å². The van der Waals surface area contributed by atoms with Gasteiger partial charge in [-0.1, -0.05) is 41.4 Å². The highest BCUT2D eigenvalue weighted by atomic mass is 35.5. The molecule has 0 fully saturated rings. The molecular weight excluding hydrogens is 418 g/mol. The minimum atomic E-state index is 0.681. The number of halogens is 1. The number of rotatable bonds is 5. The molecule has 0 amide bonds. The van der Waals surface area contributed by atoms with Crippen LogP contribution in [0, 0.1) is 6.92 Å². The van der Waals surface area contributed by atoms with Gasteiger partial charge in [0.25, 0.3) is 0 Å². The minimum Gasteiger partial charge on any atom is -0.398 e. The Bertz CT molecular complexity index is 1140. The Morgan fingerprint density at radius 1 is 0.875 bits per heavy atom. The van der Waals surface area contributed by atoms with Crippen LogP contribution in [-0.2, 0) is 13.1 Å². The summed E-state index contributed by atoms with van der Waals surface area (Å²) < 4.78 is 0. The molecule has 2 aromatic carbocycles. The van der Waals surface area contributed by atoms with Crippen LogP contribution >= 0.6 is 11.6 Å². The largest absolute Gasteiger partial charge is 0.398 e. The van der Waals surface area contributed by atoms with E-state index in [1.165, 1.54) is 11.1 Å². The number of nitrogens with zero attached hydrogens (tertiary/aromatic N) is 4. The van der Waals surface area contributed by atoms with Gasteiger partial charge < -0.3 is 10.6 Å². The number of aromatic nitrogens is 2. The lowest BCUT2D eigenvalue weighted by Gasteiger charge is -2.17. The van der Waals surface area contributed by atoms with E-state index in [-0.39, 0.29) is 0 Å². The molecule has 0 atom stereocenters. The lowest BCUT2D eigenvalue weighted by atomic mass is 10.1. The van der Waals surface area contributed by atoms with Crippen LogP contribution in [0.15, 0.2) is 73.1 Å². The quantitative estimate of drug-likeness (QED) is 0.434. The summed E-state index contributed by atoms with van der Waals surface area (Å²) in [7, 11) is 6.18. The second kappa shape index (κ2) is 10.9. The van der Waals surface area contributed by atoms with Crippen molar-refractivity contribution in [1.29, 1.82) is 0 Å². The lowest BCUT2D eigenvalue weighted by molar-refractivity contribution is 0.315. The van der Waals surface area contributed by atoms with Crippen molar-refractivity contribution in [1.82, 2.24) is 14.9 Å². The predicted octanol–water partition coefficient (Wildman–Crippen LogP) is 5.56. The number of nitrogen functional groups attached to an aromatic ring is 1. The molecule has 4 aromatic rings. The topological polar surface area (TPSA) is 58.3 Å². The van der Waals surface area contributed by atoms with Gasteiger partial charge in [0, 0.05) is 49.5 Å². The van der Waals surface area contributed by atoms with E-state index in [1.54, 1.807) is 18.3 Å². The van der Waals surface area contributed by atoms with Crippen molar-refractivity contribution in [2.24, 2.45) is 0 Å². The molecule has 2 heterocycles. The summed E-state index contributed by atoms with van der Waals surface area (Å²) in [5.41, 5.74) is 12.2. The van der Waals surface area contributed by atoms with Crippen molar-refractivity contribution in [3.63, 3.8) is 0 Å². The van der Waals surface area contributed by atoms with Crippen LogP contribution < -0.4 is 10.6 Å². The Hall–Kier alpha value is -3.15. The van der Waals surface area contributed by atoms with Crippen LogP contribution in [0.3, 0.4) is 0 Å². The zero-order chi connectivity index (χ0) is 23.1. The van der Waals surface area contributed by atoms with E-state index in [0.717, 1.165) is 41.1 Å². The summed E-state index contributed by atoms with van der Waals surface area (Å²) in [5, 5.41) is 1.63. The third-order valence-electron chi connectivity index (χ3n) is 5.07. The number of anilines is 2. The number of benzene rings is 2. The average Bonchev–Trinajstić information content (AvgIpc) is 2.76. The van der Waals surface area contributed by atoms with Crippen LogP contribution in [-0.4, -0.2) is 36.0 Å². The van der Waals surface area contributed by atoms with Crippen molar-refractivity contribution in [2.75, 3.05) is 31.8 Å². The molecule has 0 saturated heterocycles. The molecule has 0 bridgehead atoms. The first-order valence-electron chi connectivity index (χ1n) is 10.5. The van der Waals surface area contributed by atoms with Crippen LogP contribution in [0.1, 0.15) is 16.8 Å². The molecule has 0 aliphatic carbocycles. The lowest BCUT2D eigenvalue weighted by Crippen LogP contribution is -2.18. The third-order valence-corrected chi connectivity index (χ3v) is 5.30. The second-order valence-electron chi connectivity index (χ2n) is 8.12. The Labute approximate surface area is 195 Å². The van der Waals surface area contributed by atoms with E-state index in [0.29, 0.717) is 5.02 Å². The van der Waals surface area contributed by atoms with Gasteiger partial charge in [-0.3, -0.25) is 14.9 Å². The fourth-order valence-corrected chi connectivity index (χ4v) is 3.42. The van der Waals surface area contributed by atoms with Gasteiger partial charge in [0.05, 0.1) is 23.1 Å². The Morgan fingerprint density at radius 3 is 2.28 bits per heavy atom. The van der Waals surface area contributed by atoms with Crippen LogP contribution in [0.4, 0.5) is 11.4 Å². The third kappa shape index (κ3) is 6.67. The molecule has 2 N–H and O–H groups in total. The molecule has 0 aliphatic heterocycles. The van der Waals surface area contributed by atoms with Gasteiger partial charge in [0.1, 0.15) is 0 Å². The predicted molar refractivity (Wildman–Crippen MR) is 136 cm³/mol. The Kier molecular flexibility index (Phi) is 8.03. The second-order valence-corrected chi connectivity index (χ2v) is 8.56. The number of nitrogens with two attached hydrogens (primary N) is 1. The van der Waals surface area contributed by atoms with Crippen molar-refractivity contribution in [2.45, 2.75) is 20.0 Å². The number of hydrogen-bond acceptors (Lipinski definition) is 5. The molecule has 0 unspecified atom stereocenters. The van der Waals surface area contributed by atoms with Crippen molar-refractivity contribution in [3.8, 4) is 0 Å². The molecule has 32 heavy (non-hydrogen) atoms. The van der Waals surface area contributed by atoms with Crippen molar-refractivity contribution in [3.05, 3.63) is 94.9 Å². The smallest absolute Gasteiger partial charge is 0.0737 e. The molecule has 166 valence electrons. The van der Waals surface area contributed by atoms with E-state index in [1.807, 2.05) is 32.4 Å². The molecule has 0 aliphatic rings. The highest BCUT2D eigenvalue weighted by molar-refractivity contribution is 6.31. The zero-order valence-electron chi connectivity index (χ0n) is 19.1. The van der Waals surface area contributed by atoms with Crippen molar-refractivity contribution < 1.29 is 0 Å². The molecule has 5 nitrogen and oxygen atoms in total. The molecule has 4 rings (SSSR count). The minimum absolute atomic E-state index is 0.681. The van der Waals surface area contributed by atoms with Crippen LogP contribution in [0.25, 0.3) is 10.9 Å². The molecule has 0 spiro atoms. The summed E-state index contributed by atoms with van der Waals surface area (Å²) >= 11 is 5.79. The van der Waals surface area contributed by atoms with E-state index < -0.39 is 0 Å². The zero-order valence-corrected chi connectivity index (χ0v) is 19.8. The summed E-state index contributed by atoms with van der Waals surface area (Å²) in [6, 6.07) is 20.2. The van der Waals surface area contributed by atoms with Gasteiger partial charge in [0.2, 0.25) is 0 Å². The first kappa shape index (κ1) is 23.5. The van der Waals surface area contributed by atoms with E-state index in [9.17, 15) is 0 Å². The fraction of sp³-hybridized carbons (Fsp3) is 0.231. The first-order valence-corrected chi connectivity index (χ1v) is 10.9. The first-order chi connectivity index (χ1) is 15.3. The standard InChI is InChI=1S/C17H23N3.C9H7ClN2/c1-14-5-7-15(8-6-14)12-20(4)13-16-9-10-17(11-18-16)19(2)3;10-6-1-2-7-8(11)3-4-12-9(7)5-6/h5-11H,12-13H2,1-4H3;1-5H,(H2,11,12). The summed E-state index contributed by atoms with van der Waals surface area (Å²) in [4.78, 5) is 13.0. The molecule has 2 aromatic heterocycles. The summed E-state index contributed by atoms with van der Waals surface area (Å²) in [6.45, 7) is 3.92.